The molecule has 4 rings (SSSR count). The van der Waals surface area contributed by atoms with Crippen LogP contribution in [0.3, 0.4) is 0 Å². The molecule has 128 valence electrons. The van der Waals surface area contributed by atoms with E-state index in [0.29, 0.717) is 10.9 Å². The highest BCUT2D eigenvalue weighted by Crippen LogP contribution is 2.30. The Kier molecular flexibility index (Phi) is 4.76. The first-order valence-corrected chi connectivity index (χ1v) is 8.87. The number of pyridine rings is 1. The molecule has 0 saturated carbocycles. The molecule has 25 heavy (non-hydrogen) atoms. The molecule has 2 aromatic heterocycles. The summed E-state index contributed by atoms with van der Waals surface area (Å²) in [7, 11) is 0. The highest BCUT2D eigenvalue weighted by atomic mass is 35.5. The number of anilines is 1. The van der Waals surface area contributed by atoms with Crippen molar-refractivity contribution in [1.82, 2.24) is 15.2 Å². The Morgan fingerprint density at radius 3 is 2.80 bits per heavy atom. The third-order valence-electron chi connectivity index (χ3n) is 4.51. The van der Waals surface area contributed by atoms with Crippen molar-refractivity contribution in [2.45, 2.75) is 12.8 Å². The summed E-state index contributed by atoms with van der Waals surface area (Å²) in [6.45, 7) is 2.51. The molecular formula is C19H19ClN4O. The molecule has 5 nitrogen and oxygen atoms in total. The Bertz CT molecular complexity index is 863. The standard InChI is InChI=1S/C19H19ClN4O/c20-15-5-3-14(4-6-15)18-16-7-8-21-11-17(16)19(24-23-18)22-10-13-2-1-9-25-12-13/h3-8,11,13H,1-2,9-10,12H2,(H,22,24)/t13-/m1/s1. The van der Waals surface area contributed by atoms with Gasteiger partial charge in [0.2, 0.25) is 0 Å². The Hall–Kier alpha value is -2.24. The minimum absolute atomic E-state index is 0.512. The summed E-state index contributed by atoms with van der Waals surface area (Å²) in [5.74, 6) is 1.28. The van der Waals surface area contributed by atoms with Crippen LogP contribution in [0.25, 0.3) is 22.0 Å². The van der Waals surface area contributed by atoms with Crippen molar-refractivity contribution in [3.63, 3.8) is 0 Å². The van der Waals surface area contributed by atoms with Crippen LogP contribution in [0.15, 0.2) is 42.7 Å². The summed E-state index contributed by atoms with van der Waals surface area (Å²) in [4.78, 5) is 4.26. The molecule has 1 N–H and O–H groups in total. The summed E-state index contributed by atoms with van der Waals surface area (Å²) in [5.41, 5.74) is 1.82. The lowest BCUT2D eigenvalue weighted by molar-refractivity contribution is 0.0595. The van der Waals surface area contributed by atoms with Crippen molar-refractivity contribution in [2.75, 3.05) is 25.1 Å². The number of halogens is 1. The van der Waals surface area contributed by atoms with Gasteiger partial charge in [-0.05, 0) is 37.0 Å². The zero-order chi connectivity index (χ0) is 17.1. The molecule has 3 aromatic rings. The van der Waals surface area contributed by atoms with E-state index in [-0.39, 0.29) is 0 Å². The van der Waals surface area contributed by atoms with Crippen molar-refractivity contribution < 1.29 is 4.74 Å². The highest BCUT2D eigenvalue weighted by Gasteiger charge is 2.16. The SMILES string of the molecule is Clc1ccc(-c2nnc(NC[C@H]3CCCOC3)c3cnccc23)cc1. The van der Waals surface area contributed by atoms with Gasteiger partial charge in [-0.1, -0.05) is 23.7 Å². The molecule has 0 spiro atoms. The fourth-order valence-corrected chi connectivity index (χ4v) is 3.28. The summed E-state index contributed by atoms with van der Waals surface area (Å²) in [5, 5.41) is 15.0. The number of ether oxygens (including phenoxy) is 1. The van der Waals surface area contributed by atoms with Crippen molar-refractivity contribution in [1.29, 1.82) is 0 Å². The first-order chi connectivity index (χ1) is 12.3. The zero-order valence-corrected chi connectivity index (χ0v) is 14.5. The number of hydrogen-bond acceptors (Lipinski definition) is 5. The minimum atomic E-state index is 0.512. The Morgan fingerprint density at radius 1 is 1.12 bits per heavy atom. The maximum Gasteiger partial charge on any atom is 0.158 e. The number of benzene rings is 1. The summed E-state index contributed by atoms with van der Waals surface area (Å²) >= 11 is 5.99. The second kappa shape index (κ2) is 7.33. The van der Waals surface area contributed by atoms with E-state index < -0.39 is 0 Å². The molecule has 0 radical (unpaired) electrons. The van der Waals surface area contributed by atoms with Crippen LogP contribution in [0.2, 0.25) is 5.02 Å². The molecule has 6 heteroatoms. The normalized spacial score (nSPS) is 17.6. The molecule has 1 saturated heterocycles. The fraction of sp³-hybridized carbons (Fsp3) is 0.316. The summed E-state index contributed by atoms with van der Waals surface area (Å²) < 4.78 is 5.55. The second-order valence-corrected chi connectivity index (χ2v) is 6.73. The van der Waals surface area contributed by atoms with Crippen LogP contribution in [0.4, 0.5) is 5.82 Å². The molecule has 0 aliphatic carbocycles. The van der Waals surface area contributed by atoms with Gasteiger partial charge in [-0.25, -0.2) is 0 Å². The lowest BCUT2D eigenvalue weighted by Gasteiger charge is -2.22. The number of nitrogens with zero attached hydrogens (tertiary/aromatic N) is 3. The molecule has 3 heterocycles. The Balaban J connectivity index is 1.65. The van der Waals surface area contributed by atoms with Gasteiger partial charge in [0.15, 0.2) is 5.82 Å². The number of aromatic nitrogens is 3. The van der Waals surface area contributed by atoms with Crippen molar-refractivity contribution in [2.24, 2.45) is 5.92 Å². The number of fused-ring (bicyclic) bond motifs is 1. The van der Waals surface area contributed by atoms with E-state index in [1.165, 1.54) is 6.42 Å². The predicted molar refractivity (Wildman–Crippen MR) is 99.8 cm³/mol. The maximum absolute atomic E-state index is 5.99. The van der Waals surface area contributed by atoms with E-state index in [2.05, 4.69) is 20.5 Å². The molecule has 1 aromatic carbocycles. The third-order valence-corrected chi connectivity index (χ3v) is 4.76. The van der Waals surface area contributed by atoms with Gasteiger partial charge in [0.05, 0.1) is 6.61 Å². The van der Waals surface area contributed by atoms with Crippen LogP contribution in [0, 0.1) is 5.92 Å². The zero-order valence-electron chi connectivity index (χ0n) is 13.8. The van der Waals surface area contributed by atoms with E-state index >= 15 is 0 Å². The highest BCUT2D eigenvalue weighted by molar-refractivity contribution is 6.30. The van der Waals surface area contributed by atoms with Crippen LogP contribution >= 0.6 is 11.6 Å². The molecule has 0 unspecified atom stereocenters. The Labute approximate surface area is 151 Å². The van der Waals surface area contributed by atoms with Crippen molar-refractivity contribution in [3.05, 3.63) is 47.7 Å². The van der Waals surface area contributed by atoms with Crippen molar-refractivity contribution in [3.8, 4) is 11.3 Å². The number of nitrogens with one attached hydrogen (secondary N) is 1. The third kappa shape index (κ3) is 3.57. The average Bonchev–Trinajstić information content (AvgIpc) is 2.68. The summed E-state index contributed by atoms with van der Waals surface area (Å²) in [6.07, 6.45) is 5.92. The quantitative estimate of drug-likeness (QED) is 0.761. The van der Waals surface area contributed by atoms with Crippen LogP contribution in [-0.4, -0.2) is 34.9 Å². The number of rotatable bonds is 4. The first-order valence-electron chi connectivity index (χ1n) is 8.49. The van der Waals surface area contributed by atoms with E-state index in [4.69, 9.17) is 16.3 Å². The summed E-state index contributed by atoms with van der Waals surface area (Å²) in [6, 6.07) is 9.61. The number of hydrogen-bond donors (Lipinski definition) is 1. The smallest absolute Gasteiger partial charge is 0.158 e. The molecule has 1 atom stereocenters. The van der Waals surface area contributed by atoms with Gasteiger partial charge in [0.25, 0.3) is 0 Å². The van der Waals surface area contributed by atoms with Crippen LogP contribution in [0.1, 0.15) is 12.8 Å². The van der Waals surface area contributed by atoms with Crippen LogP contribution < -0.4 is 5.32 Å². The lowest BCUT2D eigenvalue weighted by Crippen LogP contribution is -2.24. The van der Waals surface area contributed by atoms with Gasteiger partial charge in [-0.2, -0.15) is 0 Å². The van der Waals surface area contributed by atoms with Gasteiger partial charge in [0, 0.05) is 46.9 Å². The van der Waals surface area contributed by atoms with Gasteiger partial charge in [0.1, 0.15) is 5.69 Å². The molecule has 0 amide bonds. The Morgan fingerprint density at radius 2 is 2.00 bits per heavy atom. The maximum atomic E-state index is 5.99. The first kappa shape index (κ1) is 16.2. The van der Waals surface area contributed by atoms with Gasteiger partial charge in [-0.3, -0.25) is 4.98 Å². The van der Waals surface area contributed by atoms with Crippen LogP contribution in [0.5, 0.6) is 0 Å². The molecule has 1 aliphatic rings. The second-order valence-electron chi connectivity index (χ2n) is 6.29. The average molecular weight is 355 g/mol. The van der Waals surface area contributed by atoms with E-state index in [0.717, 1.165) is 54.0 Å². The molecule has 0 bridgehead atoms. The minimum Gasteiger partial charge on any atom is -0.381 e. The predicted octanol–water partition coefficient (Wildman–Crippen LogP) is 4.18. The monoisotopic (exact) mass is 354 g/mol. The van der Waals surface area contributed by atoms with Gasteiger partial charge < -0.3 is 10.1 Å². The fourth-order valence-electron chi connectivity index (χ4n) is 3.16. The van der Waals surface area contributed by atoms with Gasteiger partial charge in [-0.15, -0.1) is 10.2 Å². The van der Waals surface area contributed by atoms with Gasteiger partial charge >= 0.3 is 0 Å². The molecule has 1 aliphatic heterocycles. The molecular weight excluding hydrogens is 336 g/mol. The molecule has 1 fully saturated rings. The largest absolute Gasteiger partial charge is 0.381 e. The van der Waals surface area contributed by atoms with E-state index in [1.54, 1.807) is 6.20 Å². The lowest BCUT2D eigenvalue weighted by atomic mass is 10.0. The van der Waals surface area contributed by atoms with Crippen LogP contribution in [-0.2, 0) is 4.74 Å². The van der Waals surface area contributed by atoms with Crippen molar-refractivity contribution >= 4 is 28.2 Å². The topological polar surface area (TPSA) is 59.9 Å². The van der Waals surface area contributed by atoms with E-state index in [9.17, 15) is 0 Å². The van der Waals surface area contributed by atoms with E-state index in [1.807, 2.05) is 36.5 Å².